The summed E-state index contributed by atoms with van der Waals surface area (Å²) < 4.78 is 12.9. The molecule has 0 fully saturated rings. The third-order valence-electron chi connectivity index (χ3n) is 1.59. The second-order valence-corrected chi connectivity index (χ2v) is 3.88. The summed E-state index contributed by atoms with van der Waals surface area (Å²) in [6.45, 7) is 3.79. The topological polar surface area (TPSA) is 26.0 Å². The van der Waals surface area contributed by atoms with Crippen LogP contribution in [0, 0.1) is 12.7 Å². The fourth-order valence-electron chi connectivity index (χ4n) is 0.951. The lowest BCUT2D eigenvalue weighted by atomic mass is 10.2. The van der Waals surface area contributed by atoms with E-state index in [2.05, 4.69) is 0 Å². The summed E-state index contributed by atoms with van der Waals surface area (Å²) in [5.41, 5.74) is 6.80. The van der Waals surface area contributed by atoms with E-state index in [1.165, 1.54) is 6.07 Å². The van der Waals surface area contributed by atoms with E-state index in [1.807, 2.05) is 6.92 Å². The molecule has 0 unspecified atom stereocenters. The number of rotatable bonds is 2. The highest BCUT2D eigenvalue weighted by Gasteiger charge is 2.03. The van der Waals surface area contributed by atoms with Crippen LogP contribution < -0.4 is 5.73 Å². The molecule has 1 aromatic carbocycles. The van der Waals surface area contributed by atoms with Crippen molar-refractivity contribution >= 4 is 17.4 Å². The van der Waals surface area contributed by atoms with Gasteiger partial charge in [-0.15, -0.1) is 11.8 Å². The molecule has 0 atom stereocenters. The van der Waals surface area contributed by atoms with Crippen LogP contribution in [0.15, 0.2) is 17.0 Å². The second-order valence-electron chi connectivity index (χ2n) is 2.57. The molecule has 0 heterocycles. The summed E-state index contributed by atoms with van der Waals surface area (Å²) in [5.74, 6) is 0.725. The van der Waals surface area contributed by atoms with Crippen molar-refractivity contribution in [2.24, 2.45) is 0 Å². The quantitative estimate of drug-likeness (QED) is 0.566. The third kappa shape index (κ3) is 1.91. The molecule has 1 rings (SSSR count). The van der Waals surface area contributed by atoms with Gasteiger partial charge < -0.3 is 5.73 Å². The van der Waals surface area contributed by atoms with E-state index >= 15 is 0 Å². The van der Waals surface area contributed by atoms with E-state index in [0.717, 1.165) is 10.6 Å². The molecule has 1 nitrogen and oxygen atoms in total. The molecular weight excluding hydrogens is 173 g/mol. The maximum absolute atomic E-state index is 12.9. The molecule has 0 aromatic heterocycles. The Morgan fingerprint density at radius 2 is 2.17 bits per heavy atom. The SMILES string of the molecule is CCSc1cc(C)c(F)cc1N. The van der Waals surface area contributed by atoms with Crippen molar-refractivity contribution in [2.45, 2.75) is 18.7 Å². The first-order valence-electron chi connectivity index (χ1n) is 3.83. The van der Waals surface area contributed by atoms with Crippen molar-refractivity contribution in [1.29, 1.82) is 0 Å². The van der Waals surface area contributed by atoms with Crippen LogP contribution in [0.2, 0.25) is 0 Å². The van der Waals surface area contributed by atoms with Crippen LogP contribution in [-0.4, -0.2) is 5.75 Å². The Bertz CT molecular complexity index is 286. The molecular formula is C9H12FNS. The lowest BCUT2D eigenvalue weighted by Crippen LogP contribution is -1.92. The van der Waals surface area contributed by atoms with Crippen molar-refractivity contribution in [3.63, 3.8) is 0 Å². The summed E-state index contributed by atoms with van der Waals surface area (Å²) >= 11 is 1.63. The maximum atomic E-state index is 12.9. The molecule has 0 aliphatic heterocycles. The van der Waals surface area contributed by atoms with Gasteiger partial charge in [0.25, 0.3) is 0 Å². The average molecular weight is 185 g/mol. The summed E-state index contributed by atoms with van der Waals surface area (Å²) in [4.78, 5) is 0.969. The lowest BCUT2D eigenvalue weighted by Gasteiger charge is -2.05. The molecule has 0 radical (unpaired) electrons. The van der Waals surface area contributed by atoms with Crippen LogP contribution in [0.1, 0.15) is 12.5 Å². The van der Waals surface area contributed by atoms with Crippen LogP contribution >= 0.6 is 11.8 Å². The first kappa shape index (κ1) is 9.39. The Kier molecular flexibility index (Phi) is 2.98. The zero-order chi connectivity index (χ0) is 9.14. The Balaban J connectivity index is 3.05. The van der Waals surface area contributed by atoms with Crippen molar-refractivity contribution in [2.75, 3.05) is 11.5 Å². The number of thioether (sulfide) groups is 1. The van der Waals surface area contributed by atoms with Crippen molar-refractivity contribution in [3.8, 4) is 0 Å². The Labute approximate surface area is 76.2 Å². The molecule has 0 spiro atoms. The number of halogens is 1. The first-order chi connectivity index (χ1) is 5.65. The van der Waals surface area contributed by atoms with E-state index < -0.39 is 0 Å². The van der Waals surface area contributed by atoms with Crippen LogP contribution in [0.4, 0.5) is 10.1 Å². The van der Waals surface area contributed by atoms with Gasteiger partial charge in [-0.2, -0.15) is 0 Å². The van der Waals surface area contributed by atoms with Gasteiger partial charge in [0.15, 0.2) is 0 Å². The normalized spacial score (nSPS) is 10.2. The molecule has 0 amide bonds. The van der Waals surface area contributed by atoms with E-state index in [9.17, 15) is 4.39 Å². The molecule has 0 saturated carbocycles. The molecule has 66 valence electrons. The predicted molar refractivity (Wildman–Crippen MR) is 51.9 cm³/mol. The van der Waals surface area contributed by atoms with Gasteiger partial charge in [-0.1, -0.05) is 6.92 Å². The van der Waals surface area contributed by atoms with Crippen LogP contribution in [0.3, 0.4) is 0 Å². The minimum atomic E-state index is -0.229. The zero-order valence-corrected chi connectivity index (χ0v) is 8.04. The fourth-order valence-corrected chi connectivity index (χ4v) is 1.75. The molecule has 1 aromatic rings. The molecule has 3 heteroatoms. The number of hydrogen-bond acceptors (Lipinski definition) is 2. The first-order valence-corrected chi connectivity index (χ1v) is 4.82. The van der Waals surface area contributed by atoms with Crippen molar-refractivity contribution in [1.82, 2.24) is 0 Å². The van der Waals surface area contributed by atoms with Crippen LogP contribution in [0.25, 0.3) is 0 Å². The van der Waals surface area contributed by atoms with Gasteiger partial charge >= 0.3 is 0 Å². The standard InChI is InChI=1S/C9H12FNS/c1-3-12-9-4-6(2)7(10)5-8(9)11/h4-5H,3,11H2,1-2H3. The van der Waals surface area contributed by atoms with Crippen molar-refractivity contribution in [3.05, 3.63) is 23.5 Å². The summed E-state index contributed by atoms with van der Waals surface area (Å²) in [5, 5.41) is 0. The van der Waals surface area contributed by atoms with Gasteiger partial charge in [-0.25, -0.2) is 4.39 Å². The number of nitrogen functional groups attached to an aromatic ring is 1. The van der Waals surface area contributed by atoms with E-state index in [1.54, 1.807) is 24.8 Å². The van der Waals surface area contributed by atoms with Gasteiger partial charge in [-0.3, -0.25) is 0 Å². The monoisotopic (exact) mass is 185 g/mol. The number of aryl methyl sites for hydroxylation is 1. The van der Waals surface area contributed by atoms with Gasteiger partial charge in [0.05, 0.1) is 0 Å². The maximum Gasteiger partial charge on any atom is 0.128 e. The molecule has 0 saturated heterocycles. The molecule has 0 bridgehead atoms. The number of hydrogen-bond donors (Lipinski definition) is 1. The van der Waals surface area contributed by atoms with Crippen molar-refractivity contribution < 1.29 is 4.39 Å². The minimum absolute atomic E-state index is 0.229. The summed E-state index contributed by atoms with van der Waals surface area (Å²) in [6.07, 6.45) is 0. The number of nitrogens with two attached hydrogens (primary N) is 1. The fraction of sp³-hybridized carbons (Fsp3) is 0.333. The largest absolute Gasteiger partial charge is 0.398 e. The zero-order valence-electron chi connectivity index (χ0n) is 7.23. The highest BCUT2D eigenvalue weighted by Crippen LogP contribution is 2.27. The summed E-state index contributed by atoms with van der Waals surface area (Å²) in [6, 6.07) is 3.17. The smallest absolute Gasteiger partial charge is 0.128 e. The van der Waals surface area contributed by atoms with Gasteiger partial charge in [0.1, 0.15) is 5.82 Å². The third-order valence-corrected chi connectivity index (χ3v) is 2.54. The molecule has 0 aliphatic rings. The van der Waals surface area contributed by atoms with E-state index in [-0.39, 0.29) is 5.82 Å². The van der Waals surface area contributed by atoms with Crippen LogP contribution in [0.5, 0.6) is 0 Å². The second kappa shape index (κ2) is 3.81. The lowest BCUT2D eigenvalue weighted by molar-refractivity contribution is 0.618. The number of benzene rings is 1. The van der Waals surface area contributed by atoms with E-state index in [4.69, 9.17) is 5.73 Å². The Morgan fingerprint density at radius 1 is 1.50 bits per heavy atom. The predicted octanol–water partition coefficient (Wildman–Crippen LogP) is 2.83. The Morgan fingerprint density at radius 3 is 2.75 bits per heavy atom. The highest BCUT2D eigenvalue weighted by atomic mass is 32.2. The Hall–Kier alpha value is -0.700. The van der Waals surface area contributed by atoms with Crippen LogP contribution in [-0.2, 0) is 0 Å². The minimum Gasteiger partial charge on any atom is -0.398 e. The molecule has 0 aliphatic carbocycles. The van der Waals surface area contributed by atoms with E-state index in [0.29, 0.717) is 11.3 Å². The van der Waals surface area contributed by atoms with Gasteiger partial charge in [0, 0.05) is 10.6 Å². The summed E-state index contributed by atoms with van der Waals surface area (Å²) in [7, 11) is 0. The average Bonchev–Trinajstić information content (AvgIpc) is 2.01. The van der Waals surface area contributed by atoms with Gasteiger partial charge in [0.2, 0.25) is 0 Å². The highest BCUT2D eigenvalue weighted by molar-refractivity contribution is 7.99. The number of anilines is 1. The van der Waals surface area contributed by atoms with Gasteiger partial charge in [-0.05, 0) is 30.4 Å². The molecule has 12 heavy (non-hydrogen) atoms. The molecule has 2 N–H and O–H groups in total.